The van der Waals surface area contributed by atoms with Gasteiger partial charge in [0.25, 0.3) is 0 Å². The predicted molar refractivity (Wildman–Crippen MR) is 41.2 cm³/mol. The van der Waals surface area contributed by atoms with E-state index >= 15 is 0 Å². The Kier molecular flexibility index (Phi) is 2.57. The number of alkyl halides is 1. The van der Waals surface area contributed by atoms with E-state index in [0.29, 0.717) is 5.75 Å². The maximum atomic E-state index is 5.57. The number of hydrogen-bond donors (Lipinski definition) is 0. The average molecular weight is 156 g/mol. The molecule has 1 unspecified atom stereocenters. The normalized spacial score (nSPS) is 12.6. The molecule has 2 heteroatoms. The summed E-state index contributed by atoms with van der Waals surface area (Å²) in [4.78, 5) is 0. The van der Waals surface area contributed by atoms with Gasteiger partial charge in [0, 0.05) is 6.07 Å². The monoisotopic (exact) mass is 155 g/mol. The van der Waals surface area contributed by atoms with Gasteiger partial charge in [-0.3, -0.25) is 0 Å². The fourth-order valence-corrected chi connectivity index (χ4v) is 0.721. The van der Waals surface area contributed by atoms with E-state index in [1.807, 2.05) is 18.2 Å². The Morgan fingerprint density at radius 2 is 2.40 bits per heavy atom. The summed E-state index contributed by atoms with van der Waals surface area (Å²) in [5.41, 5.74) is -0.293. The van der Waals surface area contributed by atoms with Crippen LogP contribution in [0.2, 0.25) is 0 Å². The maximum Gasteiger partial charge on any atom is 0.169 e. The Hall–Kier alpha value is -0.690. The topological polar surface area (TPSA) is 9.23 Å². The van der Waals surface area contributed by atoms with Gasteiger partial charge in [0.05, 0.1) is 0 Å². The van der Waals surface area contributed by atoms with Gasteiger partial charge in [-0.1, -0.05) is 29.8 Å². The molecule has 0 aliphatic heterocycles. The number of ether oxygens (including phenoxy) is 1. The quantitative estimate of drug-likeness (QED) is 0.597. The number of benzene rings is 1. The van der Waals surface area contributed by atoms with Crippen LogP contribution in [0.25, 0.3) is 0 Å². The van der Waals surface area contributed by atoms with Gasteiger partial charge >= 0.3 is 0 Å². The standard InChI is InChI=1S/C8H8ClO/c1-7(9)10-8-5-3-2-4-6-8/h2-5,7H,1H3. The first-order valence-corrected chi connectivity index (χ1v) is 3.50. The molecule has 0 aliphatic carbocycles. The summed E-state index contributed by atoms with van der Waals surface area (Å²) in [5.74, 6) is 0.685. The minimum Gasteiger partial charge on any atom is -0.474 e. The molecule has 0 aromatic heterocycles. The molecule has 0 fully saturated rings. The molecule has 1 aromatic carbocycles. The highest BCUT2D eigenvalue weighted by atomic mass is 35.5. The van der Waals surface area contributed by atoms with E-state index in [2.05, 4.69) is 6.07 Å². The number of para-hydroxylation sites is 1. The Bertz CT molecular complexity index is 184. The van der Waals surface area contributed by atoms with Gasteiger partial charge < -0.3 is 4.74 Å². The van der Waals surface area contributed by atoms with Gasteiger partial charge in [-0.15, -0.1) is 0 Å². The van der Waals surface area contributed by atoms with Gasteiger partial charge in [-0.2, -0.15) is 0 Å². The second-order valence-electron chi connectivity index (χ2n) is 1.89. The lowest BCUT2D eigenvalue weighted by atomic mass is 10.3. The Morgan fingerprint density at radius 1 is 1.60 bits per heavy atom. The predicted octanol–water partition coefficient (Wildman–Crippen LogP) is 2.45. The van der Waals surface area contributed by atoms with Crippen LogP contribution in [-0.4, -0.2) is 5.56 Å². The molecule has 1 aromatic rings. The van der Waals surface area contributed by atoms with Crippen molar-refractivity contribution >= 4 is 11.6 Å². The van der Waals surface area contributed by atoms with Crippen molar-refractivity contribution < 1.29 is 4.74 Å². The molecule has 0 aliphatic rings. The lowest BCUT2D eigenvalue weighted by Crippen LogP contribution is -2.01. The zero-order chi connectivity index (χ0) is 7.40. The Balaban J connectivity index is 2.59. The highest BCUT2D eigenvalue weighted by molar-refractivity contribution is 6.19. The third-order valence-electron chi connectivity index (χ3n) is 0.970. The van der Waals surface area contributed by atoms with Gasteiger partial charge in [0.2, 0.25) is 0 Å². The minimum atomic E-state index is -0.293. The third-order valence-corrected chi connectivity index (χ3v) is 1.06. The lowest BCUT2D eigenvalue weighted by Gasteiger charge is -2.05. The van der Waals surface area contributed by atoms with Crippen molar-refractivity contribution in [3.05, 3.63) is 30.3 Å². The highest BCUT2D eigenvalue weighted by Gasteiger charge is 1.95. The van der Waals surface area contributed by atoms with E-state index in [0.717, 1.165) is 0 Å². The summed E-state index contributed by atoms with van der Waals surface area (Å²) in [7, 11) is 0. The summed E-state index contributed by atoms with van der Waals surface area (Å²) in [5, 5.41) is 0. The number of hydrogen-bond acceptors (Lipinski definition) is 1. The second-order valence-corrected chi connectivity index (χ2v) is 2.50. The van der Waals surface area contributed by atoms with Crippen molar-refractivity contribution in [2.75, 3.05) is 0 Å². The van der Waals surface area contributed by atoms with Crippen molar-refractivity contribution in [1.82, 2.24) is 0 Å². The lowest BCUT2D eigenvalue weighted by molar-refractivity contribution is 0.300. The van der Waals surface area contributed by atoms with E-state index < -0.39 is 0 Å². The molecule has 0 saturated carbocycles. The molecule has 0 bridgehead atoms. The van der Waals surface area contributed by atoms with Gasteiger partial charge in [-0.05, 0) is 13.0 Å². The van der Waals surface area contributed by atoms with Gasteiger partial charge in [0.15, 0.2) is 5.56 Å². The molecule has 0 N–H and O–H groups in total. The second kappa shape index (κ2) is 3.47. The van der Waals surface area contributed by atoms with Crippen LogP contribution in [0.4, 0.5) is 0 Å². The summed E-state index contributed by atoms with van der Waals surface area (Å²) in [6, 6.07) is 10.3. The molecule has 0 amide bonds. The third kappa shape index (κ3) is 2.28. The first-order chi connectivity index (χ1) is 4.79. The molecule has 1 rings (SSSR count). The summed E-state index contributed by atoms with van der Waals surface area (Å²) >= 11 is 5.57. The molecule has 1 radical (unpaired) electrons. The molecule has 10 heavy (non-hydrogen) atoms. The molecular weight excluding hydrogens is 148 g/mol. The van der Waals surface area contributed by atoms with Crippen LogP contribution in [0.5, 0.6) is 5.75 Å². The number of halogens is 1. The fourth-order valence-electron chi connectivity index (χ4n) is 0.625. The molecule has 0 spiro atoms. The van der Waals surface area contributed by atoms with E-state index in [1.165, 1.54) is 0 Å². The SMILES string of the molecule is CC(Cl)Oc1[c]cccc1. The van der Waals surface area contributed by atoms with Crippen molar-refractivity contribution in [2.24, 2.45) is 0 Å². The van der Waals surface area contributed by atoms with E-state index in [4.69, 9.17) is 16.3 Å². The van der Waals surface area contributed by atoms with Crippen LogP contribution >= 0.6 is 11.6 Å². The van der Waals surface area contributed by atoms with Crippen LogP contribution in [0.3, 0.4) is 0 Å². The van der Waals surface area contributed by atoms with Crippen molar-refractivity contribution in [3.63, 3.8) is 0 Å². The number of rotatable bonds is 2. The zero-order valence-electron chi connectivity index (χ0n) is 5.67. The van der Waals surface area contributed by atoms with Gasteiger partial charge in [0.1, 0.15) is 5.75 Å². The van der Waals surface area contributed by atoms with Crippen molar-refractivity contribution in [2.45, 2.75) is 12.5 Å². The fraction of sp³-hybridized carbons (Fsp3) is 0.250. The van der Waals surface area contributed by atoms with Crippen molar-refractivity contribution in [1.29, 1.82) is 0 Å². The summed E-state index contributed by atoms with van der Waals surface area (Å²) < 4.78 is 5.12. The molecule has 0 saturated heterocycles. The smallest absolute Gasteiger partial charge is 0.169 e. The van der Waals surface area contributed by atoms with Gasteiger partial charge in [-0.25, -0.2) is 0 Å². The van der Waals surface area contributed by atoms with E-state index in [-0.39, 0.29) is 5.56 Å². The first-order valence-electron chi connectivity index (χ1n) is 3.06. The van der Waals surface area contributed by atoms with Crippen LogP contribution in [-0.2, 0) is 0 Å². The molecular formula is C8H8ClO. The average Bonchev–Trinajstić information content (AvgIpc) is 1.88. The Morgan fingerprint density at radius 3 is 2.90 bits per heavy atom. The minimum absolute atomic E-state index is 0.293. The largest absolute Gasteiger partial charge is 0.474 e. The van der Waals surface area contributed by atoms with Crippen LogP contribution in [0.15, 0.2) is 24.3 Å². The zero-order valence-corrected chi connectivity index (χ0v) is 6.43. The molecule has 1 atom stereocenters. The molecule has 1 nitrogen and oxygen atoms in total. The van der Waals surface area contributed by atoms with Crippen molar-refractivity contribution in [3.8, 4) is 5.75 Å². The first kappa shape index (κ1) is 7.42. The van der Waals surface area contributed by atoms with Crippen LogP contribution < -0.4 is 4.74 Å². The maximum absolute atomic E-state index is 5.57. The van der Waals surface area contributed by atoms with Crippen LogP contribution in [0.1, 0.15) is 6.92 Å². The van der Waals surface area contributed by atoms with E-state index in [1.54, 1.807) is 13.0 Å². The van der Waals surface area contributed by atoms with E-state index in [9.17, 15) is 0 Å². The van der Waals surface area contributed by atoms with Crippen LogP contribution in [0, 0.1) is 6.07 Å². The molecule has 53 valence electrons. The Labute approximate surface area is 65.6 Å². The molecule has 0 heterocycles. The highest BCUT2D eigenvalue weighted by Crippen LogP contribution is 2.10. The summed E-state index contributed by atoms with van der Waals surface area (Å²) in [6.07, 6.45) is 0. The summed E-state index contributed by atoms with van der Waals surface area (Å²) in [6.45, 7) is 1.77.